The third-order valence-corrected chi connectivity index (χ3v) is 4.56. The van der Waals surface area contributed by atoms with Crippen molar-refractivity contribution >= 4 is 11.6 Å². The molecule has 0 unspecified atom stereocenters. The number of nitrogens with zero attached hydrogens (tertiary/aromatic N) is 5. The van der Waals surface area contributed by atoms with Gasteiger partial charge in [0, 0.05) is 54.2 Å². The molecule has 1 amide bonds. The lowest BCUT2D eigenvalue weighted by Gasteiger charge is -2.10. The van der Waals surface area contributed by atoms with E-state index in [-0.39, 0.29) is 24.3 Å². The Hall–Kier alpha value is -4.14. The molecule has 4 aromatic heterocycles. The van der Waals surface area contributed by atoms with Crippen molar-refractivity contribution in [3.63, 3.8) is 0 Å². The zero-order chi connectivity index (χ0) is 20.9. The summed E-state index contributed by atoms with van der Waals surface area (Å²) in [7, 11) is 0. The minimum Gasteiger partial charge on any atom is -0.323 e. The minimum atomic E-state index is -0.249. The molecule has 9 nitrogen and oxygen atoms in total. The normalized spacial score (nSPS) is 10.7. The van der Waals surface area contributed by atoms with Gasteiger partial charge < -0.3 is 10.3 Å². The maximum absolute atomic E-state index is 12.6. The molecule has 0 saturated heterocycles. The standard InChI is InChI=1S/C21H19N7O2/c1-14-16(21(30)27-19(25-14)15-7-11-22-12-8-15)5-6-18(29)26-17-4-2-9-23-20(17)28-13-3-10-24-28/h2-4,7-13H,5-6H2,1H3,(H,26,29)(H,25,27,30). The Kier molecular flexibility index (Phi) is 5.42. The van der Waals surface area contributed by atoms with Gasteiger partial charge in [0.25, 0.3) is 5.56 Å². The van der Waals surface area contributed by atoms with Gasteiger partial charge in [-0.3, -0.25) is 14.6 Å². The van der Waals surface area contributed by atoms with Gasteiger partial charge in [-0.2, -0.15) is 5.10 Å². The lowest BCUT2D eigenvalue weighted by molar-refractivity contribution is -0.116. The van der Waals surface area contributed by atoms with Crippen LogP contribution in [0, 0.1) is 6.92 Å². The van der Waals surface area contributed by atoms with Gasteiger partial charge in [-0.1, -0.05) is 0 Å². The number of amides is 1. The second-order valence-corrected chi connectivity index (χ2v) is 6.59. The van der Waals surface area contributed by atoms with Crippen LogP contribution in [0.5, 0.6) is 0 Å². The van der Waals surface area contributed by atoms with E-state index in [9.17, 15) is 9.59 Å². The Morgan fingerprint density at radius 3 is 2.70 bits per heavy atom. The SMILES string of the molecule is Cc1nc(-c2ccncc2)[nH]c(=O)c1CCC(=O)Nc1cccnc1-n1cccn1. The van der Waals surface area contributed by atoms with Crippen molar-refractivity contribution in [2.75, 3.05) is 5.32 Å². The second-order valence-electron chi connectivity index (χ2n) is 6.59. The van der Waals surface area contributed by atoms with E-state index in [1.165, 1.54) is 0 Å². The van der Waals surface area contributed by atoms with E-state index in [1.807, 2.05) is 0 Å². The third-order valence-electron chi connectivity index (χ3n) is 4.56. The number of aryl methyl sites for hydroxylation is 1. The van der Waals surface area contributed by atoms with Crippen molar-refractivity contribution in [3.05, 3.63) is 82.9 Å². The van der Waals surface area contributed by atoms with Crippen LogP contribution >= 0.6 is 0 Å². The number of hydrogen-bond acceptors (Lipinski definition) is 6. The summed E-state index contributed by atoms with van der Waals surface area (Å²) in [5, 5.41) is 6.99. The number of rotatable bonds is 6. The van der Waals surface area contributed by atoms with Crippen LogP contribution in [0.4, 0.5) is 5.69 Å². The fourth-order valence-corrected chi connectivity index (χ4v) is 3.07. The average Bonchev–Trinajstić information content (AvgIpc) is 3.29. The Bertz CT molecular complexity index is 1220. The lowest BCUT2D eigenvalue weighted by atomic mass is 10.1. The van der Waals surface area contributed by atoms with E-state index in [2.05, 4.69) is 30.4 Å². The van der Waals surface area contributed by atoms with Crippen LogP contribution in [0.25, 0.3) is 17.2 Å². The van der Waals surface area contributed by atoms with Gasteiger partial charge in [-0.05, 0) is 43.7 Å². The zero-order valence-corrected chi connectivity index (χ0v) is 16.2. The number of aromatic nitrogens is 6. The summed E-state index contributed by atoms with van der Waals surface area (Å²) >= 11 is 0. The molecule has 0 aliphatic carbocycles. The van der Waals surface area contributed by atoms with Crippen LogP contribution in [0.1, 0.15) is 17.7 Å². The quantitative estimate of drug-likeness (QED) is 0.512. The molecule has 30 heavy (non-hydrogen) atoms. The van der Waals surface area contributed by atoms with Gasteiger partial charge in [0.05, 0.1) is 5.69 Å². The molecular formula is C21H19N7O2. The first kappa shape index (κ1) is 19.2. The highest BCUT2D eigenvalue weighted by atomic mass is 16.1. The minimum absolute atomic E-state index is 0.133. The summed E-state index contributed by atoms with van der Waals surface area (Å²) in [5.41, 5.74) is 2.15. The number of aromatic amines is 1. The molecule has 0 aliphatic rings. The largest absolute Gasteiger partial charge is 0.323 e. The molecule has 150 valence electrons. The number of H-pyrrole nitrogens is 1. The van der Waals surface area contributed by atoms with Crippen molar-refractivity contribution in [2.24, 2.45) is 0 Å². The predicted octanol–water partition coefficient (Wildman–Crippen LogP) is 2.29. The Labute approximate surface area is 171 Å². The van der Waals surface area contributed by atoms with E-state index in [0.29, 0.717) is 28.6 Å². The molecule has 0 saturated carbocycles. The molecule has 4 heterocycles. The van der Waals surface area contributed by atoms with Gasteiger partial charge in [0.2, 0.25) is 5.91 Å². The highest BCUT2D eigenvalue weighted by Gasteiger charge is 2.13. The summed E-state index contributed by atoms with van der Waals surface area (Å²) in [4.78, 5) is 40.6. The monoisotopic (exact) mass is 401 g/mol. The lowest BCUT2D eigenvalue weighted by Crippen LogP contribution is -2.21. The maximum atomic E-state index is 12.6. The molecule has 0 fully saturated rings. The van der Waals surface area contributed by atoms with Crippen molar-refractivity contribution in [2.45, 2.75) is 19.8 Å². The molecule has 0 radical (unpaired) electrons. The van der Waals surface area contributed by atoms with Gasteiger partial charge in [-0.25, -0.2) is 14.6 Å². The number of hydrogen-bond donors (Lipinski definition) is 2. The van der Waals surface area contributed by atoms with Crippen molar-refractivity contribution in [1.29, 1.82) is 0 Å². The predicted molar refractivity (Wildman–Crippen MR) is 111 cm³/mol. The molecule has 0 aliphatic heterocycles. The fraction of sp³-hybridized carbons (Fsp3) is 0.143. The summed E-state index contributed by atoms with van der Waals surface area (Å²) in [6.45, 7) is 1.77. The highest BCUT2D eigenvalue weighted by molar-refractivity contribution is 5.92. The first-order valence-electron chi connectivity index (χ1n) is 9.37. The van der Waals surface area contributed by atoms with Crippen LogP contribution in [-0.2, 0) is 11.2 Å². The van der Waals surface area contributed by atoms with E-state index in [0.717, 1.165) is 5.56 Å². The fourth-order valence-electron chi connectivity index (χ4n) is 3.07. The maximum Gasteiger partial charge on any atom is 0.254 e. The number of carbonyl (C=O) groups is 1. The number of pyridine rings is 2. The third kappa shape index (κ3) is 4.14. The van der Waals surface area contributed by atoms with Gasteiger partial charge >= 0.3 is 0 Å². The topological polar surface area (TPSA) is 118 Å². The average molecular weight is 401 g/mol. The Balaban J connectivity index is 1.47. The number of anilines is 1. The molecule has 0 spiro atoms. The molecule has 4 aromatic rings. The molecule has 0 bridgehead atoms. The first-order chi connectivity index (χ1) is 14.6. The summed E-state index contributed by atoms with van der Waals surface area (Å²) < 4.78 is 1.58. The van der Waals surface area contributed by atoms with Crippen LogP contribution in [0.3, 0.4) is 0 Å². The van der Waals surface area contributed by atoms with Crippen LogP contribution in [0.15, 0.2) is 66.1 Å². The van der Waals surface area contributed by atoms with E-state index in [4.69, 9.17) is 0 Å². The van der Waals surface area contributed by atoms with Crippen LogP contribution in [-0.4, -0.2) is 35.6 Å². The molecule has 0 atom stereocenters. The van der Waals surface area contributed by atoms with E-state index < -0.39 is 0 Å². The number of carbonyl (C=O) groups excluding carboxylic acids is 1. The molecule has 9 heteroatoms. The Morgan fingerprint density at radius 1 is 1.13 bits per heavy atom. The van der Waals surface area contributed by atoms with Gasteiger partial charge in [-0.15, -0.1) is 0 Å². The summed E-state index contributed by atoms with van der Waals surface area (Å²) in [5.74, 6) is 0.772. The molecule has 0 aromatic carbocycles. The second kappa shape index (κ2) is 8.48. The van der Waals surface area contributed by atoms with E-state index in [1.54, 1.807) is 72.9 Å². The summed E-state index contributed by atoms with van der Waals surface area (Å²) in [6.07, 6.45) is 8.69. The smallest absolute Gasteiger partial charge is 0.254 e. The Morgan fingerprint density at radius 2 is 1.97 bits per heavy atom. The molecule has 2 N–H and O–H groups in total. The van der Waals surface area contributed by atoms with Crippen LogP contribution in [0.2, 0.25) is 0 Å². The van der Waals surface area contributed by atoms with Crippen LogP contribution < -0.4 is 10.9 Å². The highest BCUT2D eigenvalue weighted by Crippen LogP contribution is 2.17. The van der Waals surface area contributed by atoms with Crippen molar-refractivity contribution in [1.82, 2.24) is 29.7 Å². The van der Waals surface area contributed by atoms with Crippen molar-refractivity contribution in [3.8, 4) is 17.2 Å². The zero-order valence-electron chi connectivity index (χ0n) is 16.2. The first-order valence-corrected chi connectivity index (χ1v) is 9.37. The molecular weight excluding hydrogens is 382 g/mol. The number of nitrogens with one attached hydrogen (secondary N) is 2. The van der Waals surface area contributed by atoms with Crippen molar-refractivity contribution < 1.29 is 4.79 Å². The van der Waals surface area contributed by atoms with E-state index >= 15 is 0 Å². The van der Waals surface area contributed by atoms with Gasteiger partial charge in [0.1, 0.15) is 5.82 Å². The summed E-state index contributed by atoms with van der Waals surface area (Å²) in [6, 6.07) is 8.81. The van der Waals surface area contributed by atoms with Gasteiger partial charge in [0.15, 0.2) is 5.82 Å². The molecule has 4 rings (SSSR count).